The lowest BCUT2D eigenvalue weighted by Gasteiger charge is -2.15. The van der Waals surface area contributed by atoms with Gasteiger partial charge in [-0.1, -0.05) is 0 Å². The Morgan fingerprint density at radius 1 is 1.47 bits per heavy atom. The zero-order valence-electron chi connectivity index (χ0n) is 8.31. The summed E-state index contributed by atoms with van der Waals surface area (Å²) in [6, 6.07) is 0. The molecule has 0 atom stereocenters. The summed E-state index contributed by atoms with van der Waals surface area (Å²) in [4.78, 5) is 0. The lowest BCUT2D eigenvalue weighted by atomic mass is 10.4. The SMILES string of the molecule is O=S(=O)(NCc1cn[nH]c1)N1CCCC1. The topological polar surface area (TPSA) is 78.1 Å². The van der Waals surface area contributed by atoms with Crippen LogP contribution in [0.4, 0.5) is 0 Å². The molecule has 6 nitrogen and oxygen atoms in total. The van der Waals surface area contributed by atoms with E-state index in [4.69, 9.17) is 0 Å². The fourth-order valence-corrected chi connectivity index (χ4v) is 2.84. The minimum atomic E-state index is -3.29. The fraction of sp³-hybridized carbons (Fsp3) is 0.625. The summed E-state index contributed by atoms with van der Waals surface area (Å²) in [5.41, 5.74) is 0.831. The van der Waals surface area contributed by atoms with Gasteiger partial charge in [-0.2, -0.15) is 22.5 Å². The van der Waals surface area contributed by atoms with Crippen molar-refractivity contribution in [1.82, 2.24) is 19.2 Å². The van der Waals surface area contributed by atoms with Crippen LogP contribution >= 0.6 is 0 Å². The highest BCUT2D eigenvalue weighted by Crippen LogP contribution is 2.11. The summed E-state index contributed by atoms with van der Waals surface area (Å²) in [6.07, 6.45) is 5.18. The molecule has 0 spiro atoms. The summed E-state index contributed by atoms with van der Waals surface area (Å²) in [5, 5.41) is 6.38. The summed E-state index contributed by atoms with van der Waals surface area (Å²) in [7, 11) is -3.29. The van der Waals surface area contributed by atoms with Gasteiger partial charge < -0.3 is 0 Å². The smallest absolute Gasteiger partial charge is 0.279 e. The predicted molar refractivity (Wildman–Crippen MR) is 55.2 cm³/mol. The van der Waals surface area contributed by atoms with Crippen LogP contribution < -0.4 is 4.72 Å². The lowest BCUT2D eigenvalue weighted by molar-refractivity contribution is 0.464. The largest absolute Gasteiger partial charge is 0.285 e. The number of hydrogen-bond acceptors (Lipinski definition) is 3. The molecule has 0 saturated carbocycles. The van der Waals surface area contributed by atoms with Crippen LogP contribution in [0.2, 0.25) is 0 Å². The third-order valence-corrected chi connectivity index (χ3v) is 3.97. The average molecular weight is 230 g/mol. The van der Waals surface area contributed by atoms with E-state index in [1.807, 2.05) is 0 Å². The standard InChI is InChI=1S/C8H14N4O2S/c13-15(14,12-3-1-2-4-12)11-7-8-5-9-10-6-8/h5-6,11H,1-4,7H2,(H,9,10). The molecular weight excluding hydrogens is 216 g/mol. The van der Waals surface area contributed by atoms with Gasteiger partial charge in [0.2, 0.25) is 0 Å². The van der Waals surface area contributed by atoms with Gasteiger partial charge in [-0.15, -0.1) is 0 Å². The first-order chi connectivity index (χ1) is 7.18. The number of nitrogens with one attached hydrogen (secondary N) is 2. The van der Waals surface area contributed by atoms with Crippen molar-refractivity contribution in [3.05, 3.63) is 18.0 Å². The van der Waals surface area contributed by atoms with Crippen molar-refractivity contribution in [3.63, 3.8) is 0 Å². The highest BCUT2D eigenvalue weighted by atomic mass is 32.2. The van der Waals surface area contributed by atoms with E-state index in [2.05, 4.69) is 14.9 Å². The molecule has 1 aliphatic heterocycles. The number of rotatable bonds is 4. The van der Waals surface area contributed by atoms with Crippen LogP contribution in [-0.2, 0) is 16.8 Å². The first-order valence-electron chi connectivity index (χ1n) is 4.91. The molecule has 0 aliphatic carbocycles. The number of hydrogen-bond donors (Lipinski definition) is 2. The lowest BCUT2D eigenvalue weighted by Crippen LogP contribution is -2.38. The average Bonchev–Trinajstić information content (AvgIpc) is 2.88. The van der Waals surface area contributed by atoms with Crippen LogP contribution in [-0.4, -0.2) is 36.0 Å². The van der Waals surface area contributed by atoms with Gasteiger partial charge in [0.25, 0.3) is 10.2 Å². The second-order valence-electron chi connectivity index (χ2n) is 3.54. The molecule has 1 saturated heterocycles. The van der Waals surface area contributed by atoms with Crippen molar-refractivity contribution in [2.45, 2.75) is 19.4 Å². The van der Waals surface area contributed by atoms with Gasteiger partial charge in [0.1, 0.15) is 0 Å². The molecular formula is C8H14N4O2S. The Balaban J connectivity index is 1.93. The fourth-order valence-electron chi connectivity index (χ4n) is 1.57. The van der Waals surface area contributed by atoms with Crippen LogP contribution in [0.25, 0.3) is 0 Å². The van der Waals surface area contributed by atoms with Crippen molar-refractivity contribution in [2.24, 2.45) is 0 Å². The first-order valence-corrected chi connectivity index (χ1v) is 6.35. The van der Waals surface area contributed by atoms with E-state index in [0.29, 0.717) is 13.1 Å². The normalized spacial score (nSPS) is 18.4. The summed E-state index contributed by atoms with van der Waals surface area (Å²) in [6.45, 7) is 1.54. The van der Waals surface area contributed by atoms with Crippen LogP contribution in [0.15, 0.2) is 12.4 Å². The highest BCUT2D eigenvalue weighted by Gasteiger charge is 2.24. The molecule has 0 aromatic carbocycles. The molecule has 0 amide bonds. The molecule has 2 N–H and O–H groups in total. The van der Waals surface area contributed by atoms with Crippen LogP contribution in [0.1, 0.15) is 18.4 Å². The second-order valence-corrected chi connectivity index (χ2v) is 5.29. The van der Waals surface area contributed by atoms with E-state index in [0.717, 1.165) is 18.4 Å². The predicted octanol–water partition coefficient (Wildman–Crippen LogP) is -0.160. The molecule has 2 rings (SSSR count). The Morgan fingerprint density at radius 3 is 2.80 bits per heavy atom. The van der Waals surface area contributed by atoms with Gasteiger partial charge >= 0.3 is 0 Å². The molecule has 1 aromatic rings. The number of nitrogens with zero attached hydrogens (tertiary/aromatic N) is 2. The maximum atomic E-state index is 11.7. The van der Waals surface area contributed by atoms with E-state index >= 15 is 0 Å². The molecule has 0 bridgehead atoms. The molecule has 1 fully saturated rings. The third-order valence-electron chi connectivity index (χ3n) is 2.42. The zero-order chi connectivity index (χ0) is 10.7. The van der Waals surface area contributed by atoms with Crippen molar-refractivity contribution in [3.8, 4) is 0 Å². The number of aromatic amines is 1. The highest BCUT2D eigenvalue weighted by molar-refractivity contribution is 7.87. The number of aromatic nitrogens is 2. The van der Waals surface area contributed by atoms with Crippen molar-refractivity contribution < 1.29 is 8.42 Å². The van der Waals surface area contributed by atoms with Crippen LogP contribution in [0.5, 0.6) is 0 Å². The monoisotopic (exact) mass is 230 g/mol. The van der Waals surface area contributed by atoms with E-state index < -0.39 is 10.2 Å². The van der Waals surface area contributed by atoms with E-state index in [1.54, 1.807) is 12.4 Å². The molecule has 1 aromatic heterocycles. The Hall–Kier alpha value is -0.920. The molecule has 15 heavy (non-hydrogen) atoms. The summed E-state index contributed by atoms with van der Waals surface area (Å²) < 4.78 is 27.4. The van der Waals surface area contributed by atoms with Gasteiger partial charge in [0, 0.05) is 31.4 Å². The molecule has 0 radical (unpaired) electrons. The van der Waals surface area contributed by atoms with E-state index in [9.17, 15) is 8.42 Å². The van der Waals surface area contributed by atoms with Gasteiger partial charge in [-0.25, -0.2) is 0 Å². The Morgan fingerprint density at radius 2 is 2.20 bits per heavy atom. The van der Waals surface area contributed by atoms with E-state index in [1.165, 1.54) is 4.31 Å². The first kappa shape index (κ1) is 10.6. The Labute approximate surface area is 88.9 Å². The Kier molecular flexibility index (Phi) is 3.03. The van der Waals surface area contributed by atoms with Gasteiger partial charge in [-0.3, -0.25) is 5.10 Å². The molecule has 7 heteroatoms. The third kappa shape index (κ3) is 2.55. The minimum Gasteiger partial charge on any atom is -0.285 e. The molecule has 1 aliphatic rings. The summed E-state index contributed by atoms with van der Waals surface area (Å²) in [5.74, 6) is 0. The van der Waals surface area contributed by atoms with E-state index in [-0.39, 0.29) is 6.54 Å². The van der Waals surface area contributed by atoms with Gasteiger partial charge in [-0.05, 0) is 12.8 Å². The van der Waals surface area contributed by atoms with Gasteiger partial charge in [0.15, 0.2) is 0 Å². The summed E-state index contributed by atoms with van der Waals surface area (Å²) >= 11 is 0. The van der Waals surface area contributed by atoms with Crippen LogP contribution in [0, 0.1) is 0 Å². The van der Waals surface area contributed by atoms with Crippen molar-refractivity contribution in [2.75, 3.05) is 13.1 Å². The maximum Gasteiger partial charge on any atom is 0.279 e. The quantitative estimate of drug-likeness (QED) is 0.754. The number of H-pyrrole nitrogens is 1. The van der Waals surface area contributed by atoms with Crippen LogP contribution in [0.3, 0.4) is 0 Å². The minimum absolute atomic E-state index is 0.287. The molecule has 0 unspecified atom stereocenters. The second kappa shape index (κ2) is 4.30. The maximum absolute atomic E-state index is 11.7. The Bertz CT molecular complexity index is 394. The zero-order valence-corrected chi connectivity index (χ0v) is 9.13. The molecule has 84 valence electrons. The van der Waals surface area contributed by atoms with Gasteiger partial charge in [0.05, 0.1) is 6.20 Å². The molecule has 2 heterocycles. The van der Waals surface area contributed by atoms with Crippen molar-refractivity contribution >= 4 is 10.2 Å². The van der Waals surface area contributed by atoms with Crippen molar-refractivity contribution in [1.29, 1.82) is 0 Å².